The predicted molar refractivity (Wildman–Crippen MR) is 91.5 cm³/mol. The summed E-state index contributed by atoms with van der Waals surface area (Å²) in [6.07, 6.45) is 1.57. The molecule has 1 aromatic carbocycles. The molecule has 1 aliphatic heterocycles. The number of piperazine rings is 1. The van der Waals surface area contributed by atoms with Crippen LogP contribution in [-0.2, 0) is 0 Å². The van der Waals surface area contributed by atoms with Crippen LogP contribution in [0.1, 0.15) is 0 Å². The van der Waals surface area contributed by atoms with E-state index in [1.807, 2.05) is 12.1 Å². The van der Waals surface area contributed by atoms with Crippen LogP contribution in [0.25, 0.3) is 0 Å². The van der Waals surface area contributed by atoms with Gasteiger partial charge in [0.05, 0.1) is 10.7 Å². The molecule has 0 atom stereocenters. The first-order valence-electron chi connectivity index (χ1n) is 7.09. The summed E-state index contributed by atoms with van der Waals surface area (Å²) in [5.41, 5.74) is 0.772. The van der Waals surface area contributed by atoms with Crippen molar-refractivity contribution in [2.75, 3.05) is 43.4 Å². The van der Waals surface area contributed by atoms with Gasteiger partial charge in [0, 0.05) is 37.3 Å². The maximum atomic E-state index is 6.18. The van der Waals surface area contributed by atoms with Crippen molar-refractivity contribution in [2.24, 2.45) is 0 Å². The number of aromatic nitrogens is 2. The average Bonchev–Trinajstić information content (AvgIpc) is 2.51. The largest absolute Gasteiger partial charge is 0.354 e. The zero-order chi connectivity index (χ0) is 15.5. The summed E-state index contributed by atoms with van der Waals surface area (Å²) in [6, 6.07) is 7.27. The van der Waals surface area contributed by atoms with E-state index in [0.717, 1.165) is 37.7 Å². The molecule has 1 N–H and O–H groups in total. The van der Waals surface area contributed by atoms with Crippen LogP contribution in [0.5, 0.6) is 0 Å². The normalized spacial score (nSPS) is 15.9. The van der Waals surface area contributed by atoms with Crippen LogP contribution in [0, 0.1) is 0 Å². The van der Waals surface area contributed by atoms with Crippen molar-refractivity contribution in [3.63, 3.8) is 0 Å². The van der Waals surface area contributed by atoms with E-state index in [1.165, 1.54) is 0 Å². The van der Waals surface area contributed by atoms with E-state index in [9.17, 15) is 0 Å². The molecule has 1 aromatic heterocycles. The van der Waals surface area contributed by atoms with Gasteiger partial charge in [-0.3, -0.25) is 0 Å². The third-order valence-corrected chi connectivity index (χ3v) is 4.22. The van der Waals surface area contributed by atoms with Crippen LogP contribution < -0.4 is 10.2 Å². The van der Waals surface area contributed by atoms with E-state index >= 15 is 0 Å². The summed E-state index contributed by atoms with van der Waals surface area (Å²) >= 11 is 12.1. The van der Waals surface area contributed by atoms with E-state index in [-0.39, 0.29) is 0 Å². The fraction of sp³-hybridized carbons (Fsp3) is 0.333. The second-order valence-electron chi connectivity index (χ2n) is 5.30. The van der Waals surface area contributed by atoms with E-state index < -0.39 is 0 Å². The van der Waals surface area contributed by atoms with Gasteiger partial charge in [-0.1, -0.05) is 23.2 Å². The van der Waals surface area contributed by atoms with Crippen molar-refractivity contribution >= 4 is 40.5 Å². The topological polar surface area (TPSA) is 44.3 Å². The minimum atomic E-state index is 0.562. The van der Waals surface area contributed by atoms with Crippen molar-refractivity contribution < 1.29 is 0 Å². The highest BCUT2D eigenvalue weighted by molar-refractivity contribution is 6.36. The van der Waals surface area contributed by atoms with Crippen LogP contribution in [0.2, 0.25) is 10.0 Å². The molecule has 0 unspecified atom stereocenters. The second kappa shape index (κ2) is 6.69. The molecule has 2 aromatic rings. The number of benzene rings is 1. The lowest BCUT2D eigenvalue weighted by molar-refractivity contribution is 0.312. The summed E-state index contributed by atoms with van der Waals surface area (Å²) in [5.74, 6) is 1.64. The van der Waals surface area contributed by atoms with Crippen LogP contribution in [-0.4, -0.2) is 48.1 Å². The van der Waals surface area contributed by atoms with Gasteiger partial charge in [0.1, 0.15) is 18.0 Å². The van der Waals surface area contributed by atoms with Crippen molar-refractivity contribution in [1.29, 1.82) is 0 Å². The fourth-order valence-electron chi connectivity index (χ4n) is 2.35. The summed E-state index contributed by atoms with van der Waals surface area (Å²) < 4.78 is 0. The molecule has 5 nitrogen and oxygen atoms in total. The van der Waals surface area contributed by atoms with Gasteiger partial charge in [-0.15, -0.1) is 0 Å². The van der Waals surface area contributed by atoms with Crippen LogP contribution in [0.15, 0.2) is 30.6 Å². The number of anilines is 3. The number of rotatable bonds is 3. The number of hydrogen-bond acceptors (Lipinski definition) is 5. The minimum Gasteiger partial charge on any atom is -0.354 e. The first-order valence-corrected chi connectivity index (χ1v) is 7.85. The Morgan fingerprint density at radius 2 is 1.82 bits per heavy atom. The molecule has 22 heavy (non-hydrogen) atoms. The third kappa shape index (κ3) is 3.61. The molecule has 2 heterocycles. The third-order valence-electron chi connectivity index (χ3n) is 3.67. The van der Waals surface area contributed by atoms with E-state index in [2.05, 4.69) is 32.1 Å². The van der Waals surface area contributed by atoms with Crippen molar-refractivity contribution in [3.8, 4) is 0 Å². The molecular weight excluding hydrogens is 321 g/mol. The zero-order valence-electron chi connectivity index (χ0n) is 12.3. The summed E-state index contributed by atoms with van der Waals surface area (Å²) in [6.45, 7) is 4.01. The Morgan fingerprint density at radius 3 is 2.55 bits per heavy atom. The van der Waals surface area contributed by atoms with Gasteiger partial charge in [-0.2, -0.15) is 0 Å². The number of likely N-dealkylation sites (N-methyl/N-ethyl adjacent to an activating group) is 1. The Morgan fingerprint density at radius 1 is 1.05 bits per heavy atom. The lowest BCUT2D eigenvalue weighted by Gasteiger charge is -2.33. The molecule has 0 amide bonds. The monoisotopic (exact) mass is 337 g/mol. The van der Waals surface area contributed by atoms with Gasteiger partial charge in [0.2, 0.25) is 0 Å². The minimum absolute atomic E-state index is 0.562. The number of hydrogen-bond donors (Lipinski definition) is 1. The fourth-order valence-corrected chi connectivity index (χ4v) is 2.81. The summed E-state index contributed by atoms with van der Waals surface area (Å²) in [7, 11) is 2.13. The highest BCUT2D eigenvalue weighted by Crippen LogP contribution is 2.28. The maximum Gasteiger partial charge on any atom is 0.135 e. The van der Waals surface area contributed by atoms with Crippen LogP contribution in [0.4, 0.5) is 17.3 Å². The van der Waals surface area contributed by atoms with Crippen molar-refractivity contribution in [1.82, 2.24) is 14.9 Å². The molecule has 0 spiro atoms. The lowest BCUT2D eigenvalue weighted by atomic mass is 10.3. The Kier molecular flexibility index (Phi) is 4.66. The van der Waals surface area contributed by atoms with Gasteiger partial charge < -0.3 is 15.1 Å². The van der Waals surface area contributed by atoms with Crippen molar-refractivity contribution in [2.45, 2.75) is 0 Å². The quantitative estimate of drug-likeness (QED) is 0.931. The number of nitrogens with zero attached hydrogens (tertiary/aromatic N) is 4. The van der Waals surface area contributed by atoms with Crippen molar-refractivity contribution in [3.05, 3.63) is 40.6 Å². The summed E-state index contributed by atoms with van der Waals surface area (Å²) in [4.78, 5) is 13.2. The number of nitrogens with one attached hydrogen (secondary N) is 1. The van der Waals surface area contributed by atoms with Gasteiger partial charge in [-0.05, 0) is 25.2 Å². The SMILES string of the molecule is CN1CCN(c2cc(Nc3ccc(Cl)cc3Cl)ncn2)CC1. The van der Waals surface area contributed by atoms with Gasteiger partial charge in [0.15, 0.2) is 0 Å². The Labute approximate surface area is 139 Å². The molecule has 0 bridgehead atoms. The average molecular weight is 338 g/mol. The number of halogens is 2. The van der Waals surface area contributed by atoms with E-state index in [1.54, 1.807) is 18.5 Å². The molecule has 0 aliphatic carbocycles. The Bertz CT molecular complexity index is 656. The molecule has 116 valence electrons. The highest BCUT2D eigenvalue weighted by Gasteiger charge is 2.15. The predicted octanol–water partition coefficient (Wildman–Crippen LogP) is 3.28. The molecule has 1 saturated heterocycles. The summed E-state index contributed by atoms with van der Waals surface area (Å²) in [5, 5.41) is 4.38. The van der Waals surface area contributed by atoms with Gasteiger partial charge in [0.25, 0.3) is 0 Å². The van der Waals surface area contributed by atoms with Gasteiger partial charge >= 0.3 is 0 Å². The molecule has 1 aliphatic rings. The molecule has 1 fully saturated rings. The molecular formula is C15H17Cl2N5. The van der Waals surface area contributed by atoms with Gasteiger partial charge in [-0.25, -0.2) is 9.97 Å². The lowest BCUT2D eigenvalue weighted by Crippen LogP contribution is -2.44. The highest BCUT2D eigenvalue weighted by atomic mass is 35.5. The molecule has 3 rings (SSSR count). The molecule has 0 radical (unpaired) electrons. The Balaban J connectivity index is 1.76. The zero-order valence-corrected chi connectivity index (χ0v) is 13.8. The molecule has 0 saturated carbocycles. The van der Waals surface area contributed by atoms with E-state index in [0.29, 0.717) is 15.9 Å². The maximum absolute atomic E-state index is 6.18. The van der Waals surface area contributed by atoms with Crippen LogP contribution in [0.3, 0.4) is 0 Å². The molecule has 7 heteroatoms. The second-order valence-corrected chi connectivity index (χ2v) is 6.14. The first-order chi connectivity index (χ1) is 10.6. The first kappa shape index (κ1) is 15.3. The smallest absolute Gasteiger partial charge is 0.135 e. The standard InChI is InChI=1S/C15H17Cl2N5/c1-21-4-6-22(7-5-21)15-9-14(18-10-19-15)20-13-3-2-11(16)8-12(13)17/h2-3,8-10H,4-7H2,1H3,(H,18,19,20). The van der Waals surface area contributed by atoms with E-state index in [4.69, 9.17) is 23.2 Å². The Hall–Kier alpha value is -1.56. The van der Waals surface area contributed by atoms with Crippen LogP contribution >= 0.6 is 23.2 Å².